The van der Waals surface area contributed by atoms with Crippen molar-refractivity contribution in [2.24, 2.45) is 0 Å². The van der Waals surface area contributed by atoms with Crippen molar-refractivity contribution in [3.63, 3.8) is 0 Å². The number of nitrogens with zero attached hydrogens (tertiary/aromatic N) is 1. The van der Waals surface area contributed by atoms with E-state index in [0.29, 0.717) is 36.1 Å². The van der Waals surface area contributed by atoms with Crippen LogP contribution in [0.2, 0.25) is 0 Å². The maximum absolute atomic E-state index is 14.8. The third-order valence-corrected chi connectivity index (χ3v) is 5.71. The Bertz CT molecular complexity index is 1580. The van der Waals surface area contributed by atoms with Gasteiger partial charge in [-0.1, -0.05) is 6.07 Å². The van der Waals surface area contributed by atoms with Crippen molar-refractivity contribution in [1.29, 1.82) is 0 Å². The number of H-pyrrole nitrogens is 2. The molecule has 0 atom stereocenters. The molecule has 0 bridgehead atoms. The van der Waals surface area contributed by atoms with Gasteiger partial charge >= 0.3 is 0 Å². The molecule has 0 radical (unpaired) electrons. The largest absolute Gasteiger partial charge is 0.451 e. The van der Waals surface area contributed by atoms with Gasteiger partial charge < -0.3 is 19.5 Å². The van der Waals surface area contributed by atoms with Gasteiger partial charge in [0.2, 0.25) is 0 Å². The van der Waals surface area contributed by atoms with Crippen molar-refractivity contribution in [1.82, 2.24) is 15.0 Å². The number of aryl methyl sites for hydroxylation is 1. The summed E-state index contributed by atoms with van der Waals surface area (Å²) in [6.45, 7) is 0. The lowest BCUT2D eigenvalue weighted by Gasteiger charge is -2.10. The number of carbonyl (C=O) groups excluding carboxylic acids is 1. The van der Waals surface area contributed by atoms with Gasteiger partial charge in [0.05, 0.1) is 11.1 Å². The number of aromatic nitrogens is 3. The number of fused-ring (bicyclic) bond motifs is 1. The van der Waals surface area contributed by atoms with Crippen molar-refractivity contribution in [2.75, 3.05) is 0 Å². The lowest BCUT2D eigenvalue weighted by Crippen LogP contribution is -1.96. The summed E-state index contributed by atoms with van der Waals surface area (Å²) in [4.78, 5) is 20.6. The van der Waals surface area contributed by atoms with Gasteiger partial charge in [-0.25, -0.2) is 22.5 Å². The van der Waals surface area contributed by atoms with Crippen LogP contribution in [0, 0.1) is 23.3 Å². The maximum Gasteiger partial charge on any atom is 0.199 e. The standard InChI is InChI=1S/C27H19F4N3O2/c28-17-9-15(2-1-7-35)8-16(10-17)11-18-14-33-27(34-18)21-12-19(3-4-22(21)29)36-26-23(30)13-24-20(25(26)31)5-6-32-24/h3-10,12-14,32H,1-2,11H2,(H,33,34). The fourth-order valence-electron chi connectivity index (χ4n) is 4.07. The molecule has 0 amide bonds. The van der Waals surface area contributed by atoms with E-state index in [0.717, 1.165) is 18.4 Å². The Morgan fingerprint density at radius 3 is 2.61 bits per heavy atom. The van der Waals surface area contributed by atoms with E-state index in [1.165, 1.54) is 42.7 Å². The summed E-state index contributed by atoms with van der Waals surface area (Å²) in [6, 6.07) is 10.8. The highest BCUT2D eigenvalue weighted by Gasteiger charge is 2.18. The van der Waals surface area contributed by atoms with Gasteiger partial charge in [0, 0.05) is 42.4 Å². The molecule has 2 aromatic heterocycles. The van der Waals surface area contributed by atoms with E-state index < -0.39 is 29.0 Å². The van der Waals surface area contributed by atoms with E-state index in [-0.39, 0.29) is 28.0 Å². The van der Waals surface area contributed by atoms with Gasteiger partial charge in [-0.2, -0.15) is 0 Å². The molecule has 0 aliphatic carbocycles. The lowest BCUT2D eigenvalue weighted by molar-refractivity contribution is -0.107. The molecule has 3 aromatic carbocycles. The molecule has 9 heteroatoms. The van der Waals surface area contributed by atoms with Gasteiger partial charge in [0.1, 0.15) is 29.5 Å². The predicted octanol–water partition coefficient (Wildman–Crippen LogP) is 6.63. The summed E-state index contributed by atoms with van der Waals surface area (Å²) in [5.41, 5.74) is 2.28. The first-order valence-electron chi connectivity index (χ1n) is 11.1. The molecule has 0 unspecified atom stereocenters. The molecule has 5 nitrogen and oxygen atoms in total. The van der Waals surface area contributed by atoms with E-state index >= 15 is 0 Å². The Labute approximate surface area is 202 Å². The second-order valence-electron chi connectivity index (χ2n) is 8.29. The highest BCUT2D eigenvalue weighted by atomic mass is 19.1. The number of nitrogens with one attached hydrogen (secondary N) is 2. The SMILES string of the molecule is O=CCCc1cc(F)cc(Cc2cnc(-c3cc(Oc4c(F)cc5[nH]ccc5c4F)ccc3F)[nH]2)c1. The third-order valence-electron chi connectivity index (χ3n) is 5.71. The Morgan fingerprint density at radius 1 is 0.944 bits per heavy atom. The lowest BCUT2D eigenvalue weighted by atomic mass is 10.0. The predicted molar refractivity (Wildman–Crippen MR) is 126 cm³/mol. The zero-order valence-corrected chi connectivity index (χ0v) is 18.7. The van der Waals surface area contributed by atoms with Crippen LogP contribution in [0.5, 0.6) is 11.5 Å². The first kappa shape index (κ1) is 23.3. The van der Waals surface area contributed by atoms with Crippen LogP contribution in [0.4, 0.5) is 17.6 Å². The normalized spacial score (nSPS) is 11.2. The minimum Gasteiger partial charge on any atom is -0.451 e. The molecule has 0 aliphatic rings. The molecule has 5 rings (SSSR count). The van der Waals surface area contributed by atoms with Crippen LogP contribution in [-0.2, 0) is 17.6 Å². The Kier molecular flexibility index (Phi) is 6.28. The van der Waals surface area contributed by atoms with Crippen LogP contribution < -0.4 is 4.74 Å². The summed E-state index contributed by atoms with van der Waals surface area (Å²) in [6.07, 6.45) is 4.78. The monoisotopic (exact) mass is 493 g/mol. The summed E-state index contributed by atoms with van der Waals surface area (Å²) in [5, 5.41) is 0.163. The number of imidazole rings is 1. The molecule has 0 saturated carbocycles. The van der Waals surface area contributed by atoms with Crippen molar-refractivity contribution in [2.45, 2.75) is 19.3 Å². The van der Waals surface area contributed by atoms with Gasteiger partial charge in [0.15, 0.2) is 17.4 Å². The number of benzene rings is 3. The maximum atomic E-state index is 14.8. The number of halogens is 4. The summed E-state index contributed by atoms with van der Waals surface area (Å²) < 4.78 is 63.3. The summed E-state index contributed by atoms with van der Waals surface area (Å²) in [7, 11) is 0. The van der Waals surface area contributed by atoms with Crippen molar-refractivity contribution < 1.29 is 27.1 Å². The third kappa shape index (κ3) is 4.72. The fraction of sp³-hybridized carbons (Fsp3) is 0.111. The van der Waals surface area contributed by atoms with E-state index in [4.69, 9.17) is 4.74 Å². The smallest absolute Gasteiger partial charge is 0.199 e. The minimum absolute atomic E-state index is 0.0157. The minimum atomic E-state index is -0.906. The highest BCUT2D eigenvalue weighted by Crippen LogP contribution is 2.34. The summed E-state index contributed by atoms with van der Waals surface area (Å²) >= 11 is 0. The van der Waals surface area contributed by atoms with E-state index in [1.54, 1.807) is 6.07 Å². The summed E-state index contributed by atoms with van der Waals surface area (Å²) in [5.74, 6) is -3.23. The highest BCUT2D eigenvalue weighted by molar-refractivity contribution is 5.82. The van der Waals surface area contributed by atoms with Crippen LogP contribution in [0.3, 0.4) is 0 Å². The van der Waals surface area contributed by atoms with Gasteiger partial charge in [-0.3, -0.25) is 0 Å². The van der Waals surface area contributed by atoms with Crippen molar-refractivity contribution in [3.05, 3.63) is 101 Å². The van der Waals surface area contributed by atoms with Crippen LogP contribution >= 0.6 is 0 Å². The number of rotatable bonds is 8. The molecular formula is C27H19F4N3O2. The number of aromatic amines is 2. The zero-order chi connectivity index (χ0) is 25.2. The van der Waals surface area contributed by atoms with Gasteiger partial charge in [-0.05, 0) is 53.9 Å². The van der Waals surface area contributed by atoms with E-state index in [2.05, 4.69) is 15.0 Å². The Hall–Kier alpha value is -4.40. The molecule has 2 N–H and O–H groups in total. The molecule has 0 fully saturated rings. The molecular weight excluding hydrogens is 474 g/mol. The number of hydrogen-bond donors (Lipinski definition) is 2. The first-order valence-corrected chi connectivity index (χ1v) is 11.1. The van der Waals surface area contributed by atoms with Gasteiger partial charge in [0.25, 0.3) is 0 Å². The molecule has 36 heavy (non-hydrogen) atoms. The molecule has 0 aliphatic heterocycles. The Balaban J connectivity index is 1.40. The van der Waals surface area contributed by atoms with E-state index in [9.17, 15) is 22.4 Å². The van der Waals surface area contributed by atoms with Crippen molar-refractivity contribution in [3.8, 4) is 22.9 Å². The average molecular weight is 493 g/mol. The Morgan fingerprint density at radius 2 is 1.78 bits per heavy atom. The van der Waals surface area contributed by atoms with Crippen LogP contribution in [0.1, 0.15) is 23.2 Å². The molecule has 5 aromatic rings. The molecule has 0 saturated heterocycles. The number of carbonyl (C=O) groups is 1. The quantitative estimate of drug-likeness (QED) is 0.188. The van der Waals surface area contributed by atoms with Crippen LogP contribution in [0.15, 0.2) is 60.9 Å². The molecule has 2 heterocycles. The van der Waals surface area contributed by atoms with E-state index in [1.807, 2.05) is 0 Å². The second kappa shape index (κ2) is 9.69. The second-order valence-corrected chi connectivity index (χ2v) is 8.29. The first-order chi connectivity index (χ1) is 17.4. The van der Waals surface area contributed by atoms with Crippen LogP contribution in [-0.4, -0.2) is 21.2 Å². The zero-order valence-electron chi connectivity index (χ0n) is 18.7. The fourth-order valence-corrected chi connectivity index (χ4v) is 4.07. The van der Waals surface area contributed by atoms with Gasteiger partial charge in [-0.15, -0.1) is 0 Å². The van der Waals surface area contributed by atoms with Crippen molar-refractivity contribution >= 4 is 17.2 Å². The number of aldehydes is 1. The number of hydrogen-bond acceptors (Lipinski definition) is 3. The molecule has 182 valence electrons. The number of ether oxygens (including phenoxy) is 1. The van der Waals surface area contributed by atoms with Crippen LogP contribution in [0.25, 0.3) is 22.3 Å². The average Bonchev–Trinajstić information content (AvgIpc) is 3.51. The topological polar surface area (TPSA) is 70.8 Å². The molecule has 0 spiro atoms.